The summed E-state index contributed by atoms with van der Waals surface area (Å²) < 4.78 is 5.04. The number of benzene rings is 1. The van der Waals surface area contributed by atoms with Crippen LogP contribution in [0.1, 0.15) is 84.0 Å². The summed E-state index contributed by atoms with van der Waals surface area (Å²) in [5, 5.41) is 21.8. The van der Waals surface area contributed by atoms with Gasteiger partial charge in [0.2, 0.25) is 5.75 Å². The summed E-state index contributed by atoms with van der Waals surface area (Å²) in [6.07, 6.45) is 20.8. The van der Waals surface area contributed by atoms with Crippen LogP contribution < -0.4 is 4.74 Å². The standard InChI is InChI=1S/C24H34N2O6/c1-2-3-4-5-6-7-8-9-10-11-12-13-14-15-16-17-24(27)32-23-19-18-21(25(28)29)20-22(23)26(30)31/h6-7,9-10,18-20H,2-5,8,11-17H2,1H3/b7-6-,10-9-. The van der Waals surface area contributed by atoms with Crippen molar-refractivity contribution in [3.63, 3.8) is 0 Å². The van der Waals surface area contributed by atoms with Crippen molar-refractivity contribution in [1.29, 1.82) is 0 Å². The van der Waals surface area contributed by atoms with Crippen molar-refractivity contribution in [3.8, 4) is 5.75 Å². The highest BCUT2D eigenvalue weighted by Gasteiger charge is 2.22. The monoisotopic (exact) mass is 446 g/mol. The number of hydrogen-bond donors (Lipinski definition) is 0. The number of allylic oxidation sites excluding steroid dienone is 4. The Morgan fingerprint density at radius 2 is 1.50 bits per heavy atom. The third-order valence-corrected chi connectivity index (χ3v) is 4.91. The van der Waals surface area contributed by atoms with Crippen molar-refractivity contribution in [2.24, 2.45) is 0 Å². The number of carbonyl (C=O) groups is 1. The molecular formula is C24H34N2O6. The van der Waals surface area contributed by atoms with Gasteiger partial charge < -0.3 is 4.74 Å². The Morgan fingerprint density at radius 3 is 2.12 bits per heavy atom. The molecule has 0 unspecified atom stereocenters. The van der Waals surface area contributed by atoms with Crippen molar-refractivity contribution >= 4 is 17.3 Å². The number of hydrogen-bond acceptors (Lipinski definition) is 6. The molecule has 0 aliphatic rings. The minimum Gasteiger partial charge on any atom is -0.419 e. The fraction of sp³-hybridized carbons (Fsp3) is 0.542. The van der Waals surface area contributed by atoms with Gasteiger partial charge in [0, 0.05) is 12.5 Å². The van der Waals surface area contributed by atoms with Gasteiger partial charge in [-0.3, -0.25) is 25.0 Å². The van der Waals surface area contributed by atoms with Crippen LogP contribution in [0.4, 0.5) is 11.4 Å². The molecule has 0 N–H and O–H groups in total. The molecule has 8 nitrogen and oxygen atoms in total. The normalized spacial score (nSPS) is 11.3. The van der Waals surface area contributed by atoms with Gasteiger partial charge in [0.15, 0.2) is 0 Å². The zero-order chi connectivity index (χ0) is 23.6. The smallest absolute Gasteiger partial charge is 0.318 e. The molecule has 1 rings (SSSR count). The summed E-state index contributed by atoms with van der Waals surface area (Å²) in [5.41, 5.74) is -1.02. The van der Waals surface area contributed by atoms with E-state index in [2.05, 4.69) is 31.2 Å². The molecule has 1 aromatic rings. The lowest BCUT2D eigenvalue weighted by atomic mass is 10.1. The van der Waals surface area contributed by atoms with Crippen LogP contribution in [-0.4, -0.2) is 15.8 Å². The van der Waals surface area contributed by atoms with Crippen molar-refractivity contribution in [2.45, 2.75) is 84.0 Å². The first-order valence-electron chi connectivity index (χ1n) is 11.4. The first-order valence-corrected chi connectivity index (χ1v) is 11.4. The minimum atomic E-state index is -0.798. The number of ether oxygens (including phenoxy) is 1. The Bertz CT molecular complexity index is 789. The molecule has 0 fully saturated rings. The van der Waals surface area contributed by atoms with Gasteiger partial charge in [-0.1, -0.05) is 63.3 Å². The lowest BCUT2D eigenvalue weighted by Gasteiger charge is -2.05. The predicted octanol–water partition coefficient (Wildman–Crippen LogP) is 7.22. The van der Waals surface area contributed by atoms with Crippen molar-refractivity contribution < 1.29 is 19.4 Å². The van der Waals surface area contributed by atoms with Crippen LogP contribution in [0, 0.1) is 20.2 Å². The Kier molecular flexibility index (Phi) is 14.0. The molecule has 0 radical (unpaired) electrons. The quantitative estimate of drug-likeness (QED) is 0.0623. The molecule has 0 saturated heterocycles. The molecule has 0 aromatic heterocycles. The first-order chi connectivity index (χ1) is 15.5. The number of carbonyl (C=O) groups excluding carboxylic acids is 1. The summed E-state index contributed by atoms with van der Waals surface area (Å²) in [5.74, 6) is -0.846. The highest BCUT2D eigenvalue weighted by molar-refractivity contribution is 5.74. The van der Waals surface area contributed by atoms with E-state index in [9.17, 15) is 25.0 Å². The topological polar surface area (TPSA) is 113 Å². The number of esters is 1. The van der Waals surface area contributed by atoms with Gasteiger partial charge in [0.1, 0.15) is 0 Å². The summed E-state index contributed by atoms with van der Waals surface area (Å²) in [7, 11) is 0. The molecule has 0 bridgehead atoms. The Hall–Kier alpha value is -3.03. The van der Waals surface area contributed by atoms with Crippen LogP contribution in [0.2, 0.25) is 0 Å². The fourth-order valence-electron chi connectivity index (χ4n) is 3.10. The third-order valence-electron chi connectivity index (χ3n) is 4.91. The molecule has 0 amide bonds. The number of non-ortho nitro benzene ring substituents is 1. The van der Waals surface area contributed by atoms with E-state index in [0.717, 1.165) is 56.7 Å². The van der Waals surface area contributed by atoms with Crippen LogP contribution in [0.15, 0.2) is 42.5 Å². The molecule has 0 heterocycles. The number of unbranched alkanes of at least 4 members (excludes halogenated alkanes) is 8. The Morgan fingerprint density at radius 1 is 0.875 bits per heavy atom. The van der Waals surface area contributed by atoms with Gasteiger partial charge in [-0.05, 0) is 44.6 Å². The second-order valence-electron chi connectivity index (χ2n) is 7.62. The summed E-state index contributed by atoms with van der Waals surface area (Å²) >= 11 is 0. The van der Waals surface area contributed by atoms with Crippen molar-refractivity contribution in [1.82, 2.24) is 0 Å². The second kappa shape index (κ2) is 16.6. The van der Waals surface area contributed by atoms with Crippen LogP contribution >= 0.6 is 0 Å². The molecule has 1 aromatic carbocycles. The van der Waals surface area contributed by atoms with E-state index in [1.165, 1.54) is 25.7 Å². The lowest BCUT2D eigenvalue weighted by molar-refractivity contribution is -0.394. The van der Waals surface area contributed by atoms with Crippen molar-refractivity contribution in [2.75, 3.05) is 0 Å². The van der Waals surface area contributed by atoms with E-state index in [-0.39, 0.29) is 12.2 Å². The maximum Gasteiger partial charge on any atom is 0.318 e. The number of nitro benzene ring substituents is 2. The summed E-state index contributed by atoms with van der Waals surface area (Å²) in [6.45, 7) is 2.21. The van der Waals surface area contributed by atoms with Crippen LogP contribution in [0.3, 0.4) is 0 Å². The van der Waals surface area contributed by atoms with Gasteiger partial charge in [0.05, 0.1) is 15.9 Å². The highest BCUT2D eigenvalue weighted by atomic mass is 16.6. The zero-order valence-corrected chi connectivity index (χ0v) is 18.9. The SMILES string of the molecule is CCCCC/C=C\C/C=C\CCCCCCCC(=O)Oc1ccc([N+](=O)[O-])cc1[N+](=O)[O-]. The summed E-state index contributed by atoms with van der Waals surface area (Å²) in [6, 6.07) is 2.96. The third kappa shape index (κ3) is 12.0. The Labute approximate surface area is 189 Å². The molecule has 176 valence electrons. The molecule has 0 atom stereocenters. The van der Waals surface area contributed by atoms with Gasteiger partial charge in [-0.15, -0.1) is 0 Å². The summed E-state index contributed by atoms with van der Waals surface area (Å²) in [4.78, 5) is 32.2. The fourth-order valence-corrected chi connectivity index (χ4v) is 3.10. The largest absolute Gasteiger partial charge is 0.419 e. The van der Waals surface area contributed by atoms with Crippen LogP contribution in [-0.2, 0) is 4.79 Å². The van der Waals surface area contributed by atoms with E-state index in [1.54, 1.807) is 0 Å². The molecule has 0 saturated carbocycles. The molecule has 0 spiro atoms. The number of nitro groups is 2. The average molecular weight is 447 g/mol. The molecule has 32 heavy (non-hydrogen) atoms. The molecular weight excluding hydrogens is 412 g/mol. The number of rotatable bonds is 17. The van der Waals surface area contributed by atoms with Crippen LogP contribution in [0.5, 0.6) is 5.75 Å². The number of nitrogens with zero attached hydrogens (tertiary/aromatic N) is 2. The van der Waals surface area contributed by atoms with E-state index in [1.807, 2.05) is 0 Å². The average Bonchev–Trinajstić information content (AvgIpc) is 2.76. The maximum atomic E-state index is 11.9. The van der Waals surface area contributed by atoms with E-state index < -0.39 is 27.2 Å². The predicted molar refractivity (Wildman–Crippen MR) is 125 cm³/mol. The van der Waals surface area contributed by atoms with Gasteiger partial charge in [-0.25, -0.2) is 0 Å². The minimum absolute atomic E-state index is 0.151. The van der Waals surface area contributed by atoms with Crippen molar-refractivity contribution in [3.05, 3.63) is 62.7 Å². The van der Waals surface area contributed by atoms with Gasteiger partial charge >= 0.3 is 11.7 Å². The molecule has 0 aliphatic heterocycles. The van der Waals surface area contributed by atoms with Gasteiger partial charge in [-0.2, -0.15) is 0 Å². The second-order valence-corrected chi connectivity index (χ2v) is 7.62. The van der Waals surface area contributed by atoms with E-state index >= 15 is 0 Å². The molecule has 8 heteroatoms. The van der Waals surface area contributed by atoms with Gasteiger partial charge in [0.25, 0.3) is 5.69 Å². The van der Waals surface area contributed by atoms with E-state index in [0.29, 0.717) is 6.42 Å². The van der Waals surface area contributed by atoms with E-state index in [4.69, 9.17) is 4.74 Å². The first kappa shape index (κ1) is 27.0. The molecule has 0 aliphatic carbocycles. The highest BCUT2D eigenvalue weighted by Crippen LogP contribution is 2.31. The lowest BCUT2D eigenvalue weighted by Crippen LogP contribution is -2.09. The maximum absolute atomic E-state index is 11.9. The van der Waals surface area contributed by atoms with Crippen LogP contribution in [0.25, 0.3) is 0 Å². The zero-order valence-electron chi connectivity index (χ0n) is 18.9. The Balaban J connectivity index is 2.15.